The van der Waals surface area contributed by atoms with Gasteiger partial charge in [-0.15, -0.1) is 0 Å². The molecule has 3 rings (SSSR count). The average Bonchev–Trinajstić information content (AvgIpc) is 2.90. The highest BCUT2D eigenvalue weighted by Gasteiger charge is 2.19. The van der Waals surface area contributed by atoms with Gasteiger partial charge < -0.3 is 10.2 Å². The highest BCUT2D eigenvalue weighted by Crippen LogP contribution is 2.22. The summed E-state index contributed by atoms with van der Waals surface area (Å²) in [5.41, 5.74) is 1.85. The maximum Gasteiger partial charge on any atom is 0.354 e. The fourth-order valence-electron chi connectivity index (χ4n) is 2.14. The second-order valence-corrected chi connectivity index (χ2v) is 4.80. The van der Waals surface area contributed by atoms with Gasteiger partial charge in [0.05, 0.1) is 11.9 Å². The molecule has 0 fully saturated rings. The average molecular weight is 297 g/mol. The summed E-state index contributed by atoms with van der Waals surface area (Å²) in [6.07, 6.45) is 1.09. The summed E-state index contributed by atoms with van der Waals surface area (Å²) < 4.78 is 1.02. The van der Waals surface area contributed by atoms with Gasteiger partial charge in [-0.2, -0.15) is 5.10 Å². The third-order valence-corrected chi connectivity index (χ3v) is 3.27. The third-order valence-electron chi connectivity index (χ3n) is 3.27. The number of aromatic carboxylic acids is 2. The van der Waals surface area contributed by atoms with Crippen LogP contribution in [0.25, 0.3) is 16.9 Å². The van der Waals surface area contributed by atoms with Gasteiger partial charge in [0.1, 0.15) is 5.56 Å². The molecule has 7 heteroatoms. The molecular weight excluding hydrogens is 286 g/mol. The first-order valence-corrected chi connectivity index (χ1v) is 6.40. The van der Waals surface area contributed by atoms with Crippen molar-refractivity contribution in [2.75, 3.05) is 0 Å². The van der Waals surface area contributed by atoms with Gasteiger partial charge in [-0.3, -0.25) is 0 Å². The molecule has 0 spiro atoms. The van der Waals surface area contributed by atoms with Gasteiger partial charge in [0.2, 0.25) is 0 Å². The molecule has 0 unspecified atom stereocenters. The number of carboxylic acid groups (broad SMARTS) is 2. The van der Waals surface area contributed by atoms with Crippen molar-refractivity contribution in [2.45, 2.75) is 6.92 Å². The molecule has 0 radical (unpaired) electrons. The van der Waals surface area contributed by atoms with E-state index < -0.39 is 11.9 Å². The molecule has 0 amide bonds. The Morgan fingerprint density at radius 1 is 1.09 bits per heavy atom. The van der Waals surface area contributed by atoms with E-state index in [0.717, 1.165) is 16.3 Å². The molecule has 7 nitrogen and oxygen atoms in total. The summed E-state index contributed by atoms with van der Waals surface area (Å²) in [5, 5.41) is 22.3. The predicted octanol–water partition coefficient (Wildman–Crippen LogP) is 2.10. The summed E-state index contributed by atoms with van der Waals surface area (Å²) >= 11 is 0. The topological polar surface area (TPSA) is 105 Å². The fourth-order valence-corrected chi connectivity index (χ4v) is 2.14. The minimum absolute atomic E-state index is 0.00275. The van der Waals surface area contributed by atoms with Crippen molar-refractivity contribution in [3.05, 3.63) is 53.3 Å². The Morgan fingerprint density at radius 3 is 2.36 bits per heavy atom. The molecule has 2 N–H and O–H groups in total. The number of aromatic nitrogens is 3. The molecule has 0 aliphatic rings. The lowest BCUT2D eigenvalue weighted by molar-refractivity contribution is 0.0678. The van der Waals surface area contributed by atoms with Crippen LogP contribution in [0, 0.1) is 6.92 Å². The van der Waals surface area contributed by atoms with Crippen LogP contribution in [-0.4, -0.2) is 36.7 Å². The highest BCUT2D eigenvalue weighted by atomic mass is 16.4. The molecule has 0 atom stereocenters. The first-order chi connectivity index (χ1) is 10.5. The van der Waals surface area contributed by atoms with E-state index in [0.29, 0.717) is 11.3 Å². The molecule has 0 bridgehead atoms. The Balaban J connectivity index is 2.31. The van der Waals surface area contributed by atoms with Crippen LogP contribution in [-0.2, 0) is 0 Å². The number of hydrogen-bond acceptors (Lipinski definition) is 4. The smallest absolute Gasteiger partial charge is 0.354 e. The van der Waals surface area contributed by atoms with Crippen molar-refractivity contribution in [1.82, 2.24) is 14.6 Å². The Morgan fingerprint density at radius 2 is 1.77 bits per heavy atom. The van der Waals surface area contributed by atoms with Gasteiger partial charge in [-0.1, -0.05) is 29.8 Å². The van der Waals surface area contributed by atoms with Crippen molar-refractivity contribution in [1.29, 1.82) is 0 Å². The predicted molar refractivity (Wildman–Crippen MR) is 77.1 cm³/mol. The molecule has 1 aromatic carbocycles. The van der Waals surface area contributed by atoms with Gasteiger partial charge in [0.25, 0.3) is 0 Å². The Labute approximate surface area is 124 Å². The minimum Gasteiger partial charge on any atom is -0.477 e. The van der Waals surface area contributed by atoms with E-state index in [9.17, 15) is 14.7 Å². The van der Waals surface area contributed by atoms with Gasteiger partial charge in [0, 0.05) is 5.56 Å². The molecule has 22 heavy (non-hydrogen) atoms. The minimum atomic E-state index is -1.21. The van der Waals surface area contributed by atoms with E-state index in [1.54, 1.807) is 12.1 Å². The second-order valence-electron chi connectivity index (χ2n) is 4.80. The quantitative estimate of drug-likeness (QED) is 0.767. The summed E-state index contributed by atoms with van der Waals surface area (Å²) in [4.78, 5) is 26.9. The highest BCUT2D eigenvalue weighted by molar-refractivity contribution is 5.96. The summed E-state index contributed by atoms with van der Waals surface area (Å²) in [7, 11) is 0. The van der Waals surface area contributed by atoms with Crippen molar-refractivity contribution >= 4 is 17.6 Å². The first-order valence-electron chi connectivity index (χ1n) is 6.40. The van der Waals surface area contributed by atoms with Crippen LogP contribution in [0.3, 0.4) is 0 Å². The van der Waals surface area contributed by atoms with E-state index in [2.05, 4.69) is 10.1 Å². The van der Waals surface area contributed by atoms with Crippen molar-refractivity contribution in [2.24, 2.45) is 0 Å². The number of fused-ring (bicyclic) bond motifs is 1. The van der Waals surface area contributed by atoms with Gasteiger partial charge in [0.15, 0.2) is 11.3 Å². The molecule has 2 aromatic heterocycles. The molecule has 2 heterocycles. The number of hydrogen-bond donors (Lipinski definition) is 2. The lowest BCUT2D eigenvalue weighted by Gasteiger charge is -2.06. The number of carbonyl (C=O) groups is 2. The number of carboxylic acids is 2. The van der Waals surface area contributed by atoms with Crippen LogP contribution in [0.2, 0.25) is 0 Å². The lowest BCUT2D eigenvalue weighted by Crippen LogP contribution is -2.09. The monoisotopic (exact) mass is 297 g/mol. The lowest BCUT2D eigenvalue weighted by atomic mass is 10.1. The van der Waals surface area contributed by atoms with Gasteiger partial charge in [-0.25, -0.2) is 19.1 Å². The van der Waals surface area contributed by atoms with E-state index >= 15 is 0 Å². The van der Waals surface area contributed by atoms with E-state index in [1.807, 2.05) is 19.1 Å². The fraction of sp³-hybridized carbons (Fsp3) is 0.0667. The Hall–Kier alpha value is -3.22. The van der Waals surface area contributed by atoms with Crippen LogP contribution in [0.4, 0.5) is 0 Å². The van der Waals surface area contributed by atoms with Crippen LogP contribution in [0.15, 0.2) is 36.5 Å². The number of nitrogens with zero attached hydrogens (tertiary/aromatic N) is 3. The zero-order chi connectivity index (χ0) is 15.9. The van der Waals surface area contributed by atoms with E-state index in [1.165, 1.54) is 6.07 Å². The zero-order valence-corrected chi connectivity index (χ0v) is 11.5. The molecule has 0 saturated carbocycles. The normalized spacial score (nSPS) is 10.8. The zero-order valence-electron chi connectivity index (χ0n) is 11.5. The van der Waals surface area contributed by atoms with E-state index in [4.69, 9.17) is 5.11 Å². The number of rotatable bonds is 3. The number of aryl methyl sites for hydroxylation is 1. The molecular formula is C15H11N3O4. The van der Waals surface area contributed by atoms with Crippen molar-refractivity contribution in [3.8, 4) is 11.3 Å². The third kappa shape index (κ3) is 2.18. The van der Waals surface area contributed by atoms with Crippen LogP contribution < -0.4 is 0 Å². The molecule has 3 aromatic rings. The molecule has 0 aliphatic carbocycles. The van der Waals surface area contributed by atoms with Crippen molar-refractivity contribution in [3.63, 3.8) is 0 Å². The van der Waals surface area contributed by atoms with E-state index in [-0.39, 0.29) is 16.9 Å². The molecule has 0 aliphatic heterocycles. The van der Waals surface area contributed by atoms with Gasteiger partial charge in [-0.05, 0) is 13.0 Å². The second kappa shape index (κ2) is 4.96. The largest absolute Gasteiger partial charge is 0.477 e. The Kier molecular flexibility index (Phi) is 3.10. The summed E-state index contributed by atoms with van der Waals surface area (Å²) in [5.74, 6) is -2.42. The van der Waals surface area contributed by atoms with Crippen LogP contribution in [0.5, 0.6) is 0 Å². The molecule has 0 saturated heterocycles. The SMILES string of the molecule is Cc1ccc(-c2cc(C(=O)O)n3ncc(C(=O)O)c3n2)cc1. The summed E-state index contributed by atoms with van der Waals surface area (Å²) in [6, 6.07) is 8.72. The number of benzene rings is 1. The maximum absolute atomic E-state index is 11.4. The maximum atomic E-state index is 11.4. The summed E-state index contributed by atoms with van der Waals surface area (Å²) in [6.45, 7) is 1.93. The Bertz CT molecular complexity index is 897. The molecule has 110 valence electrons. The van der Waals surface area contributed by atoms with Crippen LogP contribution >= 0.6 is 0 Å². The first kappa shape index (κ1) is 13.7. The van der Waals surface area contributed by atoms with Gasteiger partial charge >= 0.3 is 11.9 Å². The van der Waals surface area contributed by atoms with Crippen LogP contribution in [0.1, 0.15) is 26.4 Å². The van der Waals surface area contributed by atoms with Crippen molar-refractivity contribution < 1.29 is 19.8 Å². The standard InChI is InChI=1S/C15H11N3O4/c1-8-2-4-9(5-3-8)11-6-12(15(21)22)18-13(17-11)10(7-16-18)14(19)20/h2-7H,1H3,(H,19,20)(H,21,22).